The number of carbonyl (C=O) groups is 1. The van der Waals surface area contributed by atoms with Crippen molar-refractivity contribution in [2.45, 2.75) is 38.0 Å². The van der Waals surface area contributed by atoms with E-state index in [2.05, 4.69) is 28.7 Å². The van der Waals surface area contributed by atoms with E-state index in [1.165, 1.54) is 12.1 Å². The summed E-state index contributed by atoms with van der Waals surface area (Å²) in [7, 11) is 2.05. The molecule has 4 rings (SSSR count). The van der Waals surface area contributed by atoms with E-state index in [4.69, 9.17) is 11.6 Å². The number of rotatable bonds is 7. The fraction of sp³-hybridized carbons (Fsp3) is 0.414. The second kappa shape index (κ2) is 11.7. The summed E-state index contributed by atoms with van der Waals surface area (Å²) >= 11 is 6.23. The average Bonchev–Trinajstić information content (AvgIpc) is 2.86. The number of likely N-dealkylation sites (tertiary alicyclic amines) is 1. The molecule has 192 valence electrons. The van der Waals surface area contributed by atoms with Gasteiger partial charge in [-0.15, -0.1) is 0 Å². The summed E-state index contributed by atoms with van der Waals surface area (Å²) in [6, 6.07) is 12.1. The summed E-state index contributed by atoms with van der Waals surface area (Å²) in [6.45, 7) is 7.12. The molecule has 2 heterocycles. The van der Waals surface area contributed by atoms with Gasteiger partial charge in [0.15, 0.2) is 5.78 Å². The Morgan fingerprint density at radius 3 is 2.56 bits per heavy atom. The predicted molar refractivity (Wildman–Crippen MR) is 143 cm³/mol. The van der Waals surface area contributed by atoms with Crippen molar-refractivity contribution < 1.29 is 14.3 Å². The number of piperidine rings is 1. The van der Waals surface area contributed by atoms with Gasteiger partial charge in [-0.2, -0.15) is 0 Å². The third-order valence-corrected chi connectivity index (χ3v) is 7.44. The molecule has 7 heteroatoms. The molecule has 0 unspecified atom stereocenters. The third kappa shape index (κ3) is 7.04. The van der Waals surface area contributed by atoms with Crippen molar-refractivity contribution >= 4 is 23.5 Å². The lowest BCUT2D eigenvalue weighted by atomic mass is 9.90. The summed E-state index contributed by atoms with van der Waals surface area (Å²) in [5.41, 5.74) is 1.50. The van der Waals surface area contributed by atoms with Crippen LogP contribution in [0.25, 0.3) is 6.08 Å². The first-order valence-corrected chi connectivity index (χ1v) is 12.9. The highest BCUT2D eigenvalue weighted by molar-refractivity contribution is 6.31. The van der Waals surface area contributed by atoms with Gasteiger partial charge in [0.25, 0.3) is 0 Å². The van der Waals surface area contributed by atoms with E-state index >= 15 is 0 Å². The van der Waals surface area contributed by atoms with Crippen molar-refractivity contribution in [1.29, 1.82) is 0 Å². The number of aliphatic hydroxyl groups is 1. The van der Waals surface area contributed by atoms with E-state index < -0.39 is 5.60 Å². The summed E-state index contributed by atoms with van der Waals surface area (Å²) in [6.07, 6.45) is 8.47. The van der Waals surface area contributed by atoms with Crippen molar-refractivity contribution in [1.82, 2.24) is 14.7 Å². The maximum Gasteiger partial charge on any atom is 0.187 e. The van der Waals surface area contributed by atoms with Crippen molar-refractivity contribution in [3.63, 3.8) is 0 Å². The second-order valence-electron chi connectivity index (χ2n) is 10.1. The highest BCUT2D eigenvalue weighted by Gasteiger charge is 2.28. The van der Waals surface area contributed by atoms with Crippen molar-refractivity contribution in [2.24, 2.45) is 0 Å². The normalized spacial score (nSPS) is 21.5. The number of ketones is 1. The summed E-state index contributed by atoms with van der Waals surface area (Å²) in [4.78, 5) is 19.9. The first kappa shape index (κ1) is 26.6. The Morgan fingerprint density at radius 2 is 1.86 bits per heavy atom. The van der Waals surface area contributed by atoms with Gasteiger partial charge in [0, 0.05) is 68.2 Å². The molecule has 0 spiro atoms. The molecule has 0 bridgehead atoms. The van der Waals surface area contributed by atoms with Crippen LogP contribution < -0.4 is 0 Å². The Bertz CT molecular complexity index is 1110. The topological polar surface area (TPSA) is 47.0 Å². The van der Waals surface area contributed by atoms with Gasteiger partial charge in [-0.05, 0) is 68.3 Å². The fourth-order valence-corrected chi connectivity index (χ4v) is 5.01. The molecule has 1 N–H and O–H groups in total. The molecule has 0 aromatic heterocycles. The van der Waals surface area contributed by atoms with Gasteiger partial charge < -0.3 is 14.9 Å². The zero-order valence-corrected chi connectivity index (χ0v) is 21.8. The van der Waals surface area contributed by atoms with Gasteiger partial charge in [0.2, 0.25) is 0 Å². The largest absolute Gasteiger partial charge is 0.386 e. The summed E-state index contributed by atoms with van der Waals surface area (Å²) in [5.74, 6) is -0.314. The van der Waals surface area contributed by atoms with Crippen LogP contribution in [-0.2, 0) is 6.54 Å². The predicted octanol–water partition coefficient (Wildman–Crippen LogP) is 4.85. The van der Waals surface area contributed by atoms with Crippen molar-refractivity contribution in [3.05, 3.63) is 88.3 Å². The molecule has 36 heavy (non-hydrogen) atoms. The van der Waals surface area contributed by atoms with E-state index in [-0.39, 0.29) is 17.6 Å². The molecule has 0 radical (unpaired) electrons. The maximum atomic E-state index is 13.2. The van der Waals surface area contributed by atoms with Gasteiger partial charge in [0.05, 0.1) is 5.60 Å². The lowest BCUT2D eigenvalue weighted by Crippen LogP contribution is -2.49. The molecule has 0 amide bonds. The van der Waals surface area contributed by atoms with Crippen LogP contribution in [0.2, 0.25) is 5.02 Å². The Kier molecular flexibility index (Phi) is 8.62. The summed E-state index contributed by atoms with van der Waals surface area (Å²) < 4.78 is 13.2. The molecule has 2 aromatic rings. The first-order valence-electron chi connectivity index (χ1n) is 12.6. The van der Waals surface area contributed by atoms with Crippen LogP contribution >= 0.6 is 11.6 Å². The van der Waals surface area contributed by atoms with Crippen LogP contribution in [-0.4, -0.2) is 77.0 Å². The number of carbonyl (C=O) groups excluding carboxylic acids is 1. The molecular formula is C29H35ClFN3O2. The van der Waals surface area contributed by atoms with Gasteiger partial charge in [-0.1, -0.05) is 35.9 Å². The lowest BCUT2D eigenvalue weighted by Gasteiger charge is -2.39. The quantitative estimate of drug-likeness (QED) is 0.425. The van der Waals surface area contributed by atoms with E-state index in [9.17, 15) is 14.3 Å². The lowest BCUT2D eigenvalue weighted by molar-refractivity contribution is 0.0272. The molecule has 2 aromatic carbocycles. The highest BCUT2D eigenvalue weighted by Crippen LogP contribution is 2.26. The second-order valence-corrected chi connectivity index (χ2v) is 10.5. The van der Waals surface area contributed by atoms with E-state index in [0.717, 1.165) is 44.8 Å². The Hall–Kier alpha value is -2.51. The molecule has 1 atom stereocenters. The molecule has 0 aliphatic carbocycles. The Balaban J connectivity index is 1.39. The monoisotopic (exact) mass is 511 g/mol. The number of allylic oxidation sites excluding steroid dienone is 1. The number of hydrogen-bond acceptors (Lipinski definition) is 5. The maximum absolute atomic E-state index is 13.2. The van der Waals surface area contributed by atoms with Gasteiger partial charge in [0.1, 0.15) is 5.82 Å². The SMILES string of the molecule is C[C@H]1CN(Cc2ccc(F)cc2)CCN1C=CC(=O)c1ccc(Cl)cc1C=CC1(O)CCN(C)CC1. The van der Waals surface area contributed by atoms with Crippen LogP contribution in [0.1, 0.15) is 41.3 Å². The number of hydrogen-bond donors (Lipinski definition) is 1. The van der Waals surface area contributed by atoms with Gasteiger partial charge >= 0.3 is 0 Å². The number of nitrogens with zero attached hydrogens (tertiary/aromatic N) is 3. The minimum Gasteiger partial charge on any atom is -0.386 e. The van der Waals surface area contributed by atoms with Crippen molar-refractivity contribution in [3.8, 4) is 0 Å². The van der Waals surface area contributed by atoms with Crippen LogP contribution in [0.4, 0.5) is 4.39 Å². The number of halogens is 2. The van der Waals surface area contributed by atoms with E-state index in [0.29, 0.717) is 29.0 Å². The number of piperazine rings is 1. The fourth-order valence-electron chi connectivity index (χ4n) is 4.83. The molecule has 2 saturated heterocycles. The minimum atomic E-state index is -0.867. The zero-order valence-electron chi connectivity index (χ0n) is 21.0. The smallest absolute Gasteiger partial charge is 0.187 e. The van der Waals surface area contributed by atoms with E-state index in [1.54, 1.807) is 24.3 Å². The molecular weight excluding hydrogens is 477 g/mol. The first-order chi connectivity index (χ1) is 17.2. The molecule has 2 aliphatic rings. The minimum absolute atomic E-state index is 0.0948. The highest BCUT2D eigenvalue weighted by atomic mass is 35.5. The van der Waals surface area contributed by atoms with Gasteiger partial charge in [-0.3, -0.25) is 9.69 Å². The molecule has 2 aliphatic heterocycles. The van der Waals surface area contributed by atoms with Crippen molar-refractivity contribution in [2.75, 3.05) is 39.8 Å². The third-order valence-electron chi connectivity index (χ3n) is 7.20. The van der Waals surface area contributed by atoms with Crippen LogP contribution in [0.5, 0.6) is 0 Å². The molecule has 2 fully saturated rings. The van der Waals surface area contributed by atoms with Gasteiger partial charge in [-0.25, -0.2) is 4.39 Å². The summed E-state index contributed by atoms with van der Waals surface area (Å²) in [5, 5.41) is 11.5. The Labute approximate surface area is 218 Å². The standard InChI is InChI=1S/C29H35ClFN3O2/c1-22-20-33(21-23-3-6-26(31)7-4-23)17-18-34(22)14-10-28(35)27-8-5-25(30)19-24(27)9-11-29(36)12-15-32(2)16-13-29/h3-11,14,19,22,36H,12-13,15-18,20-21H2,1-2H3/t22-/m0/s1. The van der Waals surface area contributed by atoms with Crippen LogP contribution in [0.15, 0.2) is 60.8 Å². The van der Waals surface area contributed by atoms with Crippen LogP contribution in [0, 0.1) is 5.82 Å². The Morgan fingerprint density at radius 1 is 1.14 bits per heavy atom. The zero-order chi connectivity index (χ0) is 25.7. The average molecular weight is 512 g/mol. The number of benzene rings is 2. The van der Waals surface area contributed by atoms with E-state index in [1.807, 2.05) is 30.5 Å². The van der Waals surface area contributed by atoms with Crippen LogP contribution in [0.3, 0.4) is 0 Å². The molecule has 5 nitrogen and oxygen atoms in total. The molecule has 0 saturated carbocycles.